The van der Waals surface area contributed by atoms with E-state index in [0.717, 1.165) is 25.6 Å². The van der Waals surface area contributed by atoms with Gasteiger partial charge in [0, 0.05) is 26.7 Å². The molecule has 0 aliphatic heterocycles. The van der Waals surface area contributed by atoms with Gasteiger partial charge in [0.15, 0.2) is 5.96 Å². The highest BCUT2D eigenvalue weighted by Crippen LogP contribution is 2.15. The number of rotatable bonds is 7. The van der Waals surface area contributed by atoms with Crippen molar-refractivity contribution in [3.8, 4) is 0 Å². The number of nitrogens with one attached hydrogen (secondary N) is 2. The van der Waals surface area contributed by atoms with Gasteiger partial charge in [0.2, 0.25) is 0 Å². The average molecular weight is 480 g/mol. The minimum absolute atomic E-state index is 0. The number of hydrogen-bond acceptors (Lipinski definition) is 2. The van der Waals surface area contributed by atoms with Gasteiger partial charge >= 0.3 is 0 Å². The molecule has 2 rings (SSSR count). The minimum atomic E-state index is 0. The third kappa shape index (κ3) is 7.89. The molecule has 4 nitrogen and oxygen atoms in total. The van der Waals surface area contributed by atoms with E-state index in [1.54, 1.807) is 0 Å². The van der Waals surface area contributed by atoms with Gasteiger partial charge in [0.05, 0.1) is 0 Å². The third-order valence-electron chi connectivity index (χ3n) is 4.50. The van der Waals surface area contributed by atoms with Gasteiger partial charge in [-0.25, -0.2) is 0 Å². The molecule has 0 amide bonds. The zero-order valence-electron chi connectivity index (χ0n) is 17.1. The zero-order valence-corrected chi connectivity index (χ0v) is 19.5. The first-order valence-electron chi connectivity index (χ1n) is 9.22. The fourth-order valence-electron chi connectivity index (χ4n) is 2.89. The monoisotopic (exact) mass is 480 g/mol. The molecule has 0 fully saturated rings. The second-order valence-corrected chi connectivity index (χ2v) is 7.12. The molecule has 0 aliphatic carbocycles. The number of hydrogen-bond donors (Lipinski definition) is 2. The van der Waals surface area contributed by atoms with Crippen LogP contribution in [0.2, 0.25) is 0 Å². The summed E-state index contributed by atoms with van der Waals surface area (Å²) in [4.78, 5) is 6.55. The highest BCUT2D eigenvalue weighted by atomic mass is 127. The predicted octanol–water partition coefficient (Wildman–Crippen LogP) is 4.14. The summed E-state index contributed by atoms with van der Waals surface area (Å²) in [6.45, 7) is 6.91. The molecule has 2 aromatic rings. The minimum Gasteiger partial charge on any atom is -0.356 e. The van der Waals surface area contributed by atoms with Gasteiger partial charge in [-0.15, -0.1) is 24.0 Å². The fraction of sp³-hybridized carbons (Fsp3) is 0.409. The second-order valence-electron chi connectivity index (χ2n) is 7.12. The van der Waals surface area contributed by atoms with E-state index in [2.05, 4.69) is 97.0 Å². The zero-order chi connectivity index (χ0) is 18.9. The molecule has 1 unspecified atom stereocenters. The van der Waals surface area contributed by atoms with Crippen LogP contribution in [-0.2, 0) is 13.1 Å². The van der Waals surface area contributed by atoms with Crippen LogP contribution < -0.4 is 10.6 Å². The summed E-state index contributed by atoms with van der Waals surface area (Å²) in [5.74, 6) is 1.26. The maximum atomic E-state index is 4.36. The van der Waals surface area contributed by atoms with Crippen LogP contribution in [0.5, 0.6) is 0 Å². The summed E-state index contributed by atoms with van der Waals surface area (Å²) in [7, 11) is 6.01. The highest BCUT2D eigenvalue weighted by molar-refractivity contribution is 14.0. The van der Waals surface area contributed by atoms with Gasteiger partial charge in [0.1, 0.15) is 0 Å². The van der Waals surface area contributed by atoms with Crippen molar-refractivity contribution >= 4 is 29.9 Å². The van der Waals surface area contributed by atoms with Crippen molar-refractivity contribution < 1.29 is 0 Å². The average Bonchev–Trinajstić information content (AvgIpc) is 2.63. The van der Waals surface area contributed by atoms with Gasteiger partial charge in [-0.1, -0.05) is 61.0 Å². The summed E-state index contributed by atoms with van der Waals surface area (Å²) < 4.78 is 0. The Kier molecular flexibility index (Phi) is 10.4. The molecule has 0 saturated carbocycles. The van der Waals surface area contributed by atoms with E-state index in [4.69, 9.17) is 0 Å². The molecule has 2 N–H and O–H groups in total. The van der Waals surface area contributed by atoms with Crippen molar-refractivity contribution in [3.63, 3.8) is 0 Å². The maximum absolute atomic E-state index is 4.36. The normalized spacial score (nSPS) is 12.4. The Morgan fingerprint density at radius 3 is 2.22 bits per heavy atom. The van der Waals surface area contributed by atoms with Crippen molar-refractivity contribution in [1.82, 2.24) is 15.5 Å². The third-order valence-corrected chi connectivity index (χ3v) is 4.50. The van der Waals surface area contributed by atoms with Crippen LogP contribution in [0.1, 0.15) is 35.1 Å². The van der Waals surface area contributed by atoms with E-state index < -0.39 is 0 Å². The number of benzene rings is 2. The lowest BCUT2D eigenvalue weighted by Gasteiger charge is -2.18. The molecule has 27 heavy (non-hydrogen) atoms. The van der Waals surface area contributed by atoms with E-state index in [9.17, 15) is 0 Å². The number of nitrogens with zero attached hydrogens (tertiary/aromatic N) is 2. The van der Waals surface area contributed by atoms with Gasteiger partial charge in [-0.05, 0) is 43.6 Å². The molecular weight excluding hydrogens is 447 g/mol. The first-order chi connectivity index (χ1) is 12.5. The van der Waals surface area contributed by atoms with Crippen LogP contribution in [-0.4, -0.2) is 38.5 Å². The Hall–Kier alpha value is -1.60. The fourth-order valence-corrected chi connectivity index (χ4v) is 2.89. The number of guanidine groups is 1. The lowest BCUT2D eigenvalue weighted by atomic mass is 10.0. The topological polar surface area (TPSA) is 39.7 Å². The summed E-state index contributed by atoms with van der Waals surface area (Å²) in [6.07, 6.45) is 0. The number of aryl methyl sites for hydroxylation is 1. The Labute approximate surface area is 181 Å². The van der Waals surface area contributed by atoms with E-state index in [0.29, 0.717) is 5.92 Å². The molecule has 0 aliphatic rings. The van der Waals surface area contributed by atoms with Crippen LogP contribution >= 0.6 is 24.0 Å². The highest BCUT2D eigenvalue weighted by Gasteiger charge is 2.08. The Morgan fingerprint density at radius 1 is 1.00 bits per heavy atom. The van der Waals surface area contributed by atoms with Crippen molar-refractivity contribution in [2.75, 3.05) is 27.7 Å². The van der Waals surface area contributed by atoms with Gasteiger partial charge < -0.3 is 15.5 Å². The van der Waals surface area contributed by atoms with Crippen LogP contribution in [0.4, 0.5) is 0 Å². The lowest BCUT2D eigenvalue weighted by molar-refractivity contribution is 0.400. The molecular formula is C22H33IN4. The van der Waals surface area contributed by atoms with Gasteiger partial charge in [-0.2, -0.15) is 0 Å². The Morgan fingerprint density at radius 2 is 1.63 bits per heavy atom. The summed E-state index contributed by atoms with van der Waals surface area (Å²) in [5.41, 5.74) is 5.28. The number of aliphatic imine (C=N–C) groups is 1. The van der Waals surface area contributed by atoms with Crippen LogP contribution in [0.25, 0.3) is 0 Å². The summed E-state index contributed by atoms with van der Waals surface area (Å²) in [5, 5.41) is 6.88. The SMILES string of the molecule is CN=C(NCc1ccccc1CN(C)C)NCC(C)c1ccc(C)cc1.I. The smallest absolute Gasteiger partial charge is 0.191 e. The van der Waals surface area contributed by atoms with E-state index >= 15 is 0 Å². The van der Waals surface area contributed by atoms with E-state index in [1.165, 1.54) is 22.3 Å². The lowest BCUT2D eigenvalue weighted by Crippen LogP contribution is -2.38. The molecule has 2 aromatic carbocycles. The van der Waals surface area contributed by atoms with Crippen molar-refractivity contribution in [1.29, 1.82) is 0 Å². The van der Waals surface area contributed by atoms with Crippen molar-refractivity contribution in [2.45, 2.75) is 32.9 Å². The van der Waals surface area contributed by atoms with Crippen molar-refractivity contribution in [3.05, 3.63) is 70.8 Å². The molecule has 0 bridgehead atoms. The van der Waals surface area contributed by atoms with Gasteiger partial charge in [0.25, 0.3) is 0 Å². The van der Waals surface area contributed by atoms with Crippen molar-refractivity contribution in [2.24, 2.45) is 4.99 Å². The van der Waals surface area contributed by atoms with E-state index in [-0.39, 0.29) is 24.0 Å². The molecule has 0 radical (unpaired) electrons. The molecule has 0 heterocycles. The molecule has 148 valence electrons. The molecule has 0 aromatic heterocycles. The van der Waals surface area contributed by atoms with Gasteiger partial charge in [-0.3, -0.25) is 4.99 Å². The standard InChI is InChI=1S/C22H32N4.HI/c1-17-10-12-19(13-11-17)18(2)14-24-22(23-3)25-15-20-8-6-7-9-21(20)16-26(4)5;/h6-13,18H,14-16H2,1-5H3,(H2,23,24,25);1H. The maximum Gasteiger partial charge on any atom is 0.191 e. The van der Waals surface area contributed by atoms with Crippen LogP contribution in [0.15, 0.2) is 53.5 Å². The molecule has 5 heteroatoms. The first-order valence-corrected chi connectivity index (χ1v) is 9.22. The first kappa shape index (κ1) is 23.4. The Balaban J connectivity index is 0.00000364. The molecule has 1 atom stereocenters. The van der Waals surface area contributed by atoms with Crippen LogP contribution in [0, 0.1) is 6.92 Å². The largest absolute Gasteiger partial charge is 0.356 e. The molecule has 0 spiro atoms. The summed E-state index contributed by atoms with van der Waals surface area (Å²) in [6, 6.07) is 17.3. The second kappa shape index (κ2) is 12.0. The predicted molar refractivity (Wildman–Crippen MR) is 127 cm³/mol. The Bertz CT molecular complexity index is 711. The number of halogens is 1. The van der Waals surface area contributed by atoms with Crippen LogP contribution in [0.3, 0.4) is 0 Å². The molecule has 0 saturated heterocycles. The van der Waals surface area contributed by atoms with E-state index in [1.807, 2.05) is 7.05 Å². The quantitative estimate of drug-likeness (QED) is 0.356. The summed E-state index contributed by atoms with van der Waals surface area (Å²) >= 11 is 0.